The molecule has 1 N–H and O–H groups in total. The molecule has 0 aliphatic carbocycles. The second-order valence-corrected chi connectivity index (χ2v) is 5.22. The van der Waals surface area contributed by atoms with Crippen molar-refractivity contribution >= 4 is 0 Å². The summed E-state index contributed by atoms with van der Waals surface area (Å²) >= 11 is 0. The van der Waals surface area contributed by atoms with Gasteiger partial charge in [-0.05, 0) is 32.2 Å². The first-order chi connectivity index (χ1) is 8.07. The minimum Gasteiger partial charge on any atom is -0.373 e. The largest absolute Gasteiger partial charge is 0.373 e. The van der Waals surface area contributed by atoms with E-state index in [0.29, 0.717) is 17.6 Å². The Labute approximate surface area is 102 Å². The molecule has 2 rings (SSSR count). The van der Waals surface area contributed by atoms with Crippen LogP contribution in [0.3, 0.4) is 0 Å². The van der Waals surface area contributed by atoms with Crippen molar-refractivity contribution in [3.63, 3.8) is 0 Å². The number of nitrogens with one attached hydrogen (secondary N) is 1. The Morgan fingerprint density at radius 3 is 2.76 bits per heavy atom. The molecule has 0 radical (unpaired) electrons. The molecule has 1 fully saturated rings. The lowest BCUT2D eigenvalue weighted by atomic mass is 10.0. The van der Waals surface area contributed by atoms with Gasteiger partial charge in [-0.25, -0.2) is 0 Å². The summed E-state index contributed by atoms with van der Waals surface area (Å²) in [5.74, 6) is 1.65. The van der Waals surface area contributed by atoms with Crippen LogP contribution >= 0.6 is 0 Å². The molecule has 0 aromatic carbocycles. The molecule has 1 aromatic rings. The monoisotopic (exact) mass is 239 g/mol. The Hall–Kier alpha value is -0.940. The van der Waals surface area contributed by atoms with Crippen molar-refractivity contribution in [3.8, 4) is 0 Å². The topological polar surface area (TPSA) is 60.2 Å². The predicted molar refractivity (Wildman–Crippen MR) is 63.5 cm³/mol. The van der Waals surface area contributed by atoms with E-state index in [0.717, 1.165) is 19.4 Å². The van der Waals surface area contributed by atoms with Gasteiger partial charge in [-0.15, -0.1) is 0 Å². The summed E-state index contributed by atoms with van der Waals surface area (Å²) in [6, 6.07) is 0. The molecular weight excluding hydrogens is 218 g/mol. The molecule has 0 saturated carbocycles. The SMILES string of the molecule is COC(c1noc(C2(C)CCCN2)n1)C(C)C. The highest BCUT2D eigenvalue weighted by atomic mass is 16.5. The maximum Gasteiger partial charge on any atom is 0.246 e. The van der Waals surface area contributed by atoms with Crippen molar-refractivity contribution in [2.75, 3.05) is 13.7 Å². The van der Waals surface area contributed by atoms with Gasteiger partial charge in [-0.2, -0.15) is 4.98 Å². The Kier molecular flexibility index (Phi) is 3.49. The Bertz CT molecular complexity index is 370. The molecule has 96 valence electrons. The van der Waals surface area contributed by atoms with Crippen molar-refractivity contribution in [1.29, 1.82) is 0 Å². The van der Waals surface area contributed by atoms with Crippen molar-refractivity contribution in [1.82, 2.24) is 15.5 Å². The zero-order valence-electron chi connectivity index (χ0n) is 11.0. The first kappa shape index (κ1) is 12.5. The minimum atomic E-state index is -0.166. The third-order valence-electron chi connectivity index (χ3n) is 3.40. The summed E-state index contributed by atoms with van der Waals surface area (Å²) in [7, 11) is 1.68. The van der Waals surface area contributed by atoms with Crippen LogP contribution in [0.25, 0.3) is 0 Å². The lowest BCUT2D eigenvalue weighted by molar-refractivity contribution is 0.0555. The normalized spacial score (nSPS) is 26.6. The van der Waals surface area contributed by atoms with Crippen LogP contribution in [-0.2, 0) is 10.3 Å². The fourth-order valence-electron chi connectivity index (χ4n) is 2.33. The van der Waals surface area contributed by atoms with Gasteiger partial charge in [0.25, 0.3) is 0 Å². The fourth-order valence-corrected chi connectivity index (χ4v) is 2.33. The van der Waals surface area contributed by atoms with E-state index < -0.39 is 0 Å². The van der Waals surface area contributed by atoms with Crippen molar-refractivity contribution in [2.24, 2.45) is 5.92 Å². The van der Waals surface area contributed by atoms with Gasteiger partial charge in [-0.3, -0.25) is 0 Å². The zero-order chi connectivity index (χ0) is 12.5. The highest BCUT2D eigenvalue weighted by Crippen LogP contribution is 2.31. The van der Waals surface area contributed by atoms with E-state index in [1.165, 1.54) is 0 Å². The highest BCUT2D eigenvalue weighted by Gasteiger charge is 2.36. The average molecular weight is 239 g/mol. The summed E-state index contributed by atoms with van der Waals surface area (Å²) in [5, 5.41) is 7.46. The van der Waals surface area contributed by atoms with Crippen LogP contribution in [0.1, 0.15) is 51.4 Å². The Balaban J connectivity index is 2.20. The third-order valence-corrected chi connectivity index (χ3v) is 3.40. The van der Waals surface area contributed by atoms with E-state index >= 15 is 0 Å². The molecule has 2 heterocycles. The van der Waals surface area contributed by atoms with Crippen LogP contribution < -0.4 is 5.32 Å². The van der Waals surface area contributed by atoms with E-state index in [9.17, 15) is 0 Å². The smallest absolute Gasteiger partial charge is 0.246 e. The van der Waals surface area contributed by atoms with Crippen LogP contribution in [0.2, 0.25) is 0 Å². The number of hydrogen-bond acceptors (Lipinski definition) is 5. The van der Waals surface area contributed by atoms with E-state index in [1.54, 1.807) is 7.11 Å². The number of ether oxygens (including phenoxy) is 1. The number of nitrogens with zero attached hydrogens (tertiary/aromatic N) is 2. The van der Waals surface area contributed by atoms with Crippen LogP contribution in [0.4, 0.5) is 0 Å². The van der Waals surface area contributed by atoms with E-state index in [2.05, 4.69) is 36.2 Å². The highest BCUT2D eigenvalue weighted by molar-refractivity contribution is 5.05. The standard InChI is InChI=1S/C12H21N3O2/c1-8(2)9(16-4)10-14-11(17-15-10)12(3)6-5-7-13-12/h8-9,13H,5-7H2,1-4H3. The fraction of sp³-hybridized carbons (Fsp3) is 0.833. The van der Waals surface area contributed by atoms with Gasteiger partial charge in [0.15, 0.2) is 0 Å². The lowest BCUT2D eigenvalue weighted by Gasteiger charge is -2.18. The van der Waals surface area contributed by atoms with Crippen molar-refractivity contribution < 1.29 is 9.26 Å². The molecule has 17 heavy (non-hydrogen) atoms. The van der Waals surface area contributed by atoms with Gasteiger partial charge >= 0.3 is 0 Å². The first-order valence-corrected chi connectivity index (χ1v) is 6.19. The number of aromatic nitrogens is 2. The quantitative estimate of drug-likeness (QED) is 0.871. The molecule has 1 aromatic heterocycles. The summed E-state index contributed by atoms with van der Waals surface area (Å²) < 4.78 is 10.8. The molecule has 5 nitrogen and oxygen atoms in total. The Morgan fingerprint density at radius 1 is 1.47 bits per heavy atom. The number of methoxy groups -OCH3 is 1. The third kappa shape index (κ3) is 2.35. The van der Waals surface area contributed by atoms with Gasteiger partial charge in [0.05, 0.1) is 5.54 Å². The second-order valence-electron chi connectivity index (χ2n) is 5.22. The maximum absolute atomic E-state index is 5.40. The van der Waals surface area contributed by atoms with E-state index in [4.69, 9.17) is 9.26 Å². The molecule has 2 unspecified atom stereocenters. The molecular formula is C12H21N3O2. The molecule has 0 spiro atoms. The van der Waals surface area contributed by atoms with Crippen LogP contribution in [0.5, 0.6) is 0 Å². The summed E-state index contributed by atoms with van der Waals surface area (Å²) in [5.41, 5.74) is -0.166. The van der Waals surface area contributed by atoms with Gasteiger partial charge in [-0.1, -0.05) is 19.0 Å². The molecule has 1 aliphatic rings. The summed E-state index contributed by atoms with van der Waals surface area (Å²) in [4.78, 5) is 4.49. The zero-order valence-corrected chi connectivity index (χ0v) is 11.0. The van der Waals surface area contributed by atoms with Crippen LogP contribution in [0, 0.1) is 5.92 Å². The molecule has 2 atom stereocenters. The molecule has 1 saturated heterocycles. The number of hydrogen-bond donors (Lipinski definition) is 1. The Morgan fingerprint density at radius 2 is 2.24 bits per heavy atom. The first-order valence-electron chi connectivity index (χ1n) is 6.19. The molecule has 0 amide bonds. The van der Waals surface area contributed by atoms with Crippen molar-refractivity contribution in [2.45, 2.75) is 45.3 Å². The van der Waals surface area contributed by atoms with E-state index in [-0.39, 0.29) is 11.6 Å². The van der Waals surface area contributed by atoms with Gasteiger partial charge in [0, 0.05) is 7.11 Å². The summed E-state index contributed by atoms with van der Waals surface area (Å²) in [6.45, 7) is 7.28. The van der Waals surface area contributed by atoms with Gasteiger partial charge in [0.2, 0.25) is 11.7 Å². The molecule has 5 heteroatoms. The maximum atomic E-state index is 5.40. The van der Waals surface area contributed by atoms with Gasteiger partial charge < -0.3 is 14.6 Å². The van der Waals surface area contributed by atoms with Gasteiger partial charge in [0.1, 0.15) is 6.10 Å². The lowest BCUT2D eigenvalue weighted by Crippen LogP contribution is -2.33. The van der Waals surface area contributed by atoms with Crippen LogP contribution in [0.15, 0.2) is 4.52 Å². The van der Waals surface area contributed by atoms with E-state index in [1.807, 2.05) is 0 Å². The second kappa shape index (κ2) is 4.74. The van der Waals surface area contributed by atoms with Crippen molar-refractivity contribution in [3.05, 3.63) is 11.7 Å². The van der Waals surface area contributed by atoms with Crippen LogP contribution in [-0.4, -0.2) is 23.8 Å². The average Bonchev–Trinajstić information content (AvgIpc) is 2.88. The minimum absolute atomic E-state index is 0.0995. The number of rotatable bonds is 4. The summed E-state index contributed by atoms with van der Waals surface area (Å²) in [6.07, 6.45) is 2.08. The predicted octanol–water partition coefficient (Wildman–Crippen LogP) is 2.01. The molecule has 1 aliphatic heterocycles. The molecule has 0 bridgehead atoms.